The molecule has 0 fully saturated rings. The first-order valence-electron chi connectivity index (χ1n) is 6.71. The van der Waals surface area contributed by atoms with Crippen LogP contribution in [0.4, 0.5) is 10.1 Å². The minimum atomic E-state index is -0.238. The van der Waals surface area contributed by atoms with Gasteiger partial charge >= 0.3 is 0 Å². The van der Waals surface area contributed by atoms with Crippen molar-refractivity contribution in [3.63, 3.8) is 0 Å². The normalized spacial score (nSPS) is 11.4. The summed E-state index contributed by atoms with van der Waals surface area (Å²) in [6.07, 6.45) is 0. The van der Waals surface area contributed by atoms with Gasteiger partial charge in [0.05, 0.1) is 0 Å². The molecule has 0 saturated carbocycles. The lowest BCUT2D eigenvalue weighted by molar-refractivity contribution is 0.318. The molecule has 0 saturated heterocycles. The highest BCUT2D eigenvalue weighted by Crippen LogP contribution is 2.18. The fraction of sp³-hybridized carbons (Fsp3) is 0.188. The molecule has 0 aliphatic rings. The summed E-state index contributed by atoms with van der Waals surface area (Å²) in [7, 11) is 0. The predicted molar refractivity (Wildman–Crippen MR) is 82.1 cm³/mol. The molecule has 0 aliphatic carbocycles. The summed E-state index contributed by atoms with van der Waals surface area (Å²) < 4.78 is 13.0. The van der Waals surface area contributed by atoms with Crippen LogP contribution < -0.4 is 10.6 Å². The van der Waals surface area contributed by atoms with Gasteiger partial charge in [-0.25, -0.2) is 4.39 Å². The van der Waals surface area contributed by atoms with E-state index in [1.165, 1.54) is 12.1 Å². The van der Waals surface area contributed by atoms with Crippen molar-refractivity contribution in [3.05, 3.63) is 65.5 Å². The van der Waals surface area contributed by atoms with E-state index in [1.807, 2.05) is 31.2 Å². The van der Waals surface area contributed by atoms with Crippen LogP contribution in [0.5, 0.6) is 0 Å². The molecular weight excluding hydrogens is 269 g/mol. The Balaban J connectivity index is 2.13. The van der Waals surface area contributed by atoms with E-state index in [2.05, 4.69) is 10.1 Å². The largest absolute Gasteiger partial charge is 0.409 e. The highest BCUT2D eigenvalue weighted by atomic mass is 19.1. The maximum Gasteiger partial charge on any atom is 0.170 e. The molecule has 2 rings (SSSR count). The fourth-order valence-electron chi connectivity index (χ4n) is 2.10. The average molecular weight is 287 g/mol. The zero-order valence-corrected chi connectivity index (χ0v) is 11.8. The standard InChI is InChI=1S/C16H18FN3O/c1-2-20(15-9-7-14(17)8-10-15)11-12-3-5-13(6-4-12)16(18)19-21/h3-10,21H,2,11H2,1H3,(H2,18,19). The number of nitrogens with two attached hydrogens (primary N) is 1. The lowest BCUT2D eigenvalue weighted by Gasteiger charge is -2.23. The Kier molecular flexibility index (Phi) is 4.77. The monoisotopic (exact) mass is 287 g/mol. The van der Waals surface area contributed by atoms with E-state index >= 15 is 0 Å². The first-order valence-corrected chi connectivity index (χ1v) is 6.71. The second-order valence-corrected chi connectivity index (χ2v) is 4.67. The second kappa shape index (κ2) is 6.74. The number of hydrogen-bond acceptors (Lipinski definition) is 3. The van der Waals surface area contributed by atoms with Crippen LogP contribution in [0.3, 0.4) is 0 Å². The number of nitrogens with zero attached hydrogens (tertiary/aromatic N) is 2. The Morgan fingerprint density at radius 2 is 1.76 bits per heavy atom. The van der Waals surface area contributed by atoms with E-state index in [4.69, 9.17) is 10.9 Å². The quantitative estimate of drug-likeness (QED) is 0.385. The Morgan fingerprint density at radius 3 is 2.29 bits per heavy atom. The van der Waals surface area contributed by atoms with Crippen LogP contribution in [0.1, 0.15) is 18.1 Å². The van der Waals surface area contributed by atoms with E-state index in [0.717, 1.165) is 17.8 Å². The van der Waals surface area contributed by atoms with Crippen LogP contribution in [-0.4, -0.2) is 17.6 Å². The minimum Gasteiger partial charge on any atom is -0.409 e. The van der Waals surface area contributed by atoms with E-state index in [0.29, 0.717) is 12.1 Å². The lowest BCUT2D eigenvalue weighted by atomic mass is 10.1. The Labute approximate surface area is 123 Å². The van der Waals surface area contributed by atoms with E-state index < -0.39 is 0 Å². The first-order chi connectivity index (χ1) is 10.1. The van der Waals surface area contributed by atoms with Gasteiger partial charge in [-0.15, -0.1) is 0 Å². The highest BCUT2D eigenvalue weighted by molar-refractivity contribution is 5.96. The van der Waals surface area contributed by atoms with E-state index in [-0.39, 0.29) is 11.7 Å². The van der Waals surface area contributed by atoms with Crippen LogP contribution in [0.25, 0.3) is 0 Å². The molecule has 4 nitrogen and oxygen atoms in total. The van der Waals surface area contributed by atoms with Crippen molar-refractivity contribution in [2.45, 2.75) is 13.5 Å². The topological polar surface area (TPSA) is 61.8 Å². The van der Waals surface area contributed by atoms with Gasteiger partial charge in [0.25, 0.3) is 0 Å². The third kappa shape index (κ3) is 3.72. The third-order valence-corrected chi connectivity index (χ3v) is 3.30. The van der Waals surface area contributed by atoms with Gasteiger partial charge in [-0.05, 0) is 36.8 Å². The number of hydrogen-bond donors (Lipinski definition) is 2. The van der Waals surface area contributed by atoms with Crippen molar-refractivity contribution < 1.29 is 9.60 Å². The molecule has 2 aromatic carbocycles. The van der Waals surface area contributed by atoms with Crippen LogP contribution >= 0.6 is 0 Å². The van der Waals surface area contributed by atoms with Crippen molar-refractivity contribution in [2.24, 2.45) is 10.9 Å². The molecule has 110 valence electrons. The molecule has 0 radical (unpaired) electrons. The average Bonchev–Trinajstić information content (AvgIpc) is 2.53. The Morgan fingerprint density at radius 1 is 1.14 bits per heavy atom. The summed E-state index contributed by atoms with van der Waals surface area (Å²) in [6.45, 7) is 3.57. The predicted octanol–water partition coefficient (Wildman–Crippen LogP) is 2.95. The van der Waals surface area contributed by atoms with Gasteiger partial charge in [0.1, 0.15) is 5.82 Å². The molecular formula is C16H18FN3O. The molecule has 0 spiro atoms. The van der Waals surface area contributed by atoms with Gasteiger partial charge in [0, 0.05) is 24.3 Å². The first kappa shape index (κ1) is 14.8. The van der Waals surface area contributed by atoms with Gasteiger partial charge < -0.3 is 15.8 Å². The second-order valence-electron chi connectivity index (χ2n) is 4.67. The number of anilines is 1. The molecule has 5 heteroatoms. The number of rotatable bonds is 5. The number of oxime groups is 1. The highest BCUT2D eigenvalue weighted by Gasteiger charge is 2.06. The maximum atomic E-state index is 13.0. The molecule has 2 aromatic rings. The zero-order chi connectivity index (χ0) is 15.2. The van der Waals surface area contributed by atoms with Crippen molar-refractivity contribution >= 4 is 11.5 Å². The molecule has 0 amide bonds. The summed E-state index contributed by atoms with van der Waals surface area (Å²) in [5.74, 6) is -0.148. The summed E-state index contributed by atoms with van der Waals surface area (Å²) in [4.78, 5) is 2.14. The van der Waals surface area contributed by atoms with Crippen LogP contribution in [0.15, 0.2) is 53.7 Å². The molecule has 0 aromatic heterocycles. The van der Waals surface area contributed by atoms with Gasteiger partial charge in [0.2, 0.25) is 0 Å². The van der Waals surface area contributed by atoms with Gasteiger partial charge in [0.15, 0.2) is 5.84 Å². The van der Waals surface area contributed by atoms with E-state index in [1.54, 1.807) is 12.1 Å². The van der Waals surface area contributed by atoms with Crippen LogP contribution in [0, 0.1) is 5.82 Å². The lowest BCUT2D eigenvalue weighted by Crippen LogP contribution is -2.22. The number of halogens is 1. The molecule has 0 atom stereocenters. The van der Waals surface area contributed by atoms with Crippen LogP contribution in [-0.2, 0) is 6.54 Å². The summed E-state index contributed by atoms with van der Waals surface area (Å²) in [5, 5.41) is 11.6. The summed E-state index contributed by atoms with van der Waals surface area (Å²) in [5.41, 5.74) is 8.27. The van der Waals surface area contributed by atoms with Crippen molar-refractivity contribution in [2.75, 3.05) is 11.4 Å². The fourth-order valence-corrected chi connectivity index (χ4v) is 2.10. The molecule has 0 aliphatic heterocycles. The van der Waals surface area contributed by atoms with Crippen molar-refractivity contribution in [3.8, 4) is 0 Å². The van der Waals surface area contributed by atoms with E-state index in [9.17, 15) is 4.39 Å². The molecule has 0 bridgehead atoms. The van der Waals surface area contributed by atoms with Gasteiger partial charge in [-0.1, -0.05) is 29.4 Å². The van der Waals surface area contributed by atoms with Crippen molar-refractivity contribution in [1.29, 1.82) is 0 Å². The minimum absolute atomic E-state index is 0.0902. The van der Waals surface area contributed by atoms with Crippen LogP contribution in [0.2, 0.25) is 0 Å². The molecule has 21 heavy (non-hydrogen) atoms. The Bertz CT molecular complexity index is 608. The smallest absolute Gasteiger partial charge is 0.170 e. The third-order valence-electron chi connectivity index (χ3n) is 3.30. The van der Waals surface area contributed by atoms with Gasteiger partial charge in [-0.2, -0.15) is 0 Å². The summed E-state index contributed by atoms with van der Waals surface area (Å²) in [6, 6.07) is 13.9. The Hall–Kier alpha value is -2.56. The molecule has 0 heterocycles. The molecule has 0 unspecified atom stereocenters. The zero-order valence-electron chi connectivity index (χ0n) is 11.8. The summed E-state index contributed by atoms with van der Waals surface area (Å²) >= 11 is 0. The number of amidine groups is 1. The maximum absolute atomic E-state index is 13.0. The van der Waals surface area contributed by atoms with Crippen molar-refractivity contribution in [1.82, 2.24) is 0 Å². The SMILES string of the molecule is CCN(Cc1ccc(C(N)=NO)cc1)c1ccc(F)cc1. The number of benzene rings is 2. The van der Waals surface area contributed by atoms with Gasteiger partial charge in [-0.3, -0.25) is 0 Å². The molecule has 3 N–H and O–H groups in total.